The smallest absolute Gasteiger partial charge is 0.251 e. The van der Waals surface area contributed by atoms with Crippen molar-refractivity contribution in [3.8, 4) is 11.5 Å². The Morgan fingerprint density at radius 1 is 0.923 bits per heavy atom. The number of para-hydroxylation sites is 1. The van der Waals surface area contributed by atoms with Crippen molar-refractivity contribution in [2.45, 2.75) is 13.8 Å². The molecule has 2 aromatic carbocycles. The quantitative estimate of drug-likeness (QED) is 0.628. The molecular formula is C21H28N2O3. The van der Waals surface area contributed by atoms with Crippen molar-refractivity contribution in [1.29, 1.82) is 0 Å². The van der Waals surface area contributed by atoms with Crippen LogP contribution < -0.4 is 14.8 Å². The summed E-state index contributed by atoms with van der Waals surface area (Å²) in [5.74, 6) is 1.40. The van der Waals surface area contributed by atoms with Gasteiger partial charge in [0.05, 0.1) is 0 Å². The zero-order chi connectivity index (χ0) is 18.6. The Hall–Kier alpha value is -2.53. The van der Waals surface area contributed by atoms with Crippen LogP contribution in [0.3, 0.4) is 0 Å². The molecule has 0 aliphatic rings. The topological polar surface area (TPSA) is 50.8 Å². The molecule has 1 N–H and O–H groups in total. The fourth-order valence-electron chi connectivity index (χ4n) is 2.53. The van der Waals surface area contributed by atoms with Gasteiger partial charge >= 0.3 is 0 Å². The van der Waals surface area contributed by atoms with Crippen molar-refractivity contribution >= 4 is 5.91 Å². The van der Waals surface area contributed by atoms with Gasteiger partial charge in [-0.1, -0.05) is 38.1 Å². The van der Waals surface area contributed by atoms with E-state index < -0.39 is 0 Å². The molecule has 0 aliphatic carbocycles. The Balaban J connectivity index is 1.75. The highest BCUT2D eigenvalue weighted by Gasteiger charge is 2.07. The molecule has 140 valence electrons. The summed E-state index contributed by atoms with van der Waals surface area (Å²) < 4.78 is 11.3. The van der Waals surface area contributed by atoms with Crippen molar-refractivity contribution in [3.05, 3.63) is 60.2 Å². The Labute approximate surface area is 155 Å². The highest BCUT2D eigenvalue weighted by Crippen LogP contribution is 2.14. The minimum Gasteiger partial charge on any atom is -0.490 e. The van der Waals surface area contributed by atoms with Crippen LogP contribution in [0, 0.1) is 0 Å². The van der Waals surface area contributed by atoms with Gasteiger partial charge in [0.2, 0.25) is 0 Å². The van der Waals surface area contributed by atoms with Crippen LogP contribution in [-0.2, 0) is 0 Å². The molecule has 1 amide bonds. The molecule has 2 aromatic rings. The Bertz CT molecular complexity index is 657. The number of amides is 1. The van der Waals surface area contributed by atoms with Crippen LogP contribution in [0.2, 0.25) is 0 Å². The summed E-state index contributed by atoms with van der Waals surface area (Å²) in [4.78, 5) is 14.5. The van der Waals surface area contributed by atoms with Crippen LogP contribution in [0.25, 0.3) is 0 Å². The van der Waals surface area contributed by atoms with E-state index in [2.05, 4.69) is 24.1 Å². The van der Waals surface area contributed by atoms with Crippen LogP contribution in [0.5, 0.6) is 11.5 Å². The zero-order valence-electron chi connectivity index (χ0n) is 15.6. The molecule has 0 atom stereocenters. The first-order chi connectivity index (χ1) is 12.7. The van der Waals surface area contributed by atoms with Crippen molar-refractivity contribution in [3.63, 3.8) is 0 Å². The van der Waals surface area contributed by atoms with E-state index in [0.717, 1.165) is 25.4 Å². The third-order valence-electron chi connectivity index (χ3n) is 4.07. The molecule has 0 aliphatic heterocycles. The minimum atomic E-state index is -0.0804. The second-order valence-corrected chi connectivity index (χ2v) is 5.82. The van der Waals surface area contributed by atoms with Gasteiger partial charge in [0, 0.05) is 18.7 Å². The predicted molar refractivity (Wildman–Crippen MR) is 104 cm³/mol. The lowest BCUT2D eigenvalue weighted by Gasteiger charge is -2.18. The molecule has 0 aromatic heterocycles. The SMILES string of the molecule is CCN(CC)CCNC(=O)c1cccc(OCCOc2ccccc2)c1. The van der Waals surface area contributed by atoms with Gasteiger partial charge < -0.3 is 19.7 Å². The molecule has 26 heavy (non-hydrogen) atoms. The van der Waals surface area contributed by atoms with Gasteiger partial charge in [-0.15, -0.1) is 0 Å². The Morgan fingerprint density at radius 3 is 2.27 bits per heavy atom. The molecule has 5 nitrogen and oxygen atoms in total. The number of hydrogen-bond acceptors (Lipinski definition) is 4. The molecule has 0 radical (unpaired) electrons. The zero-order valence-corrected chi connectivity index (χ0v) is 15.6. The number of rotatable bonds is 11. The number of nitrogens with one attached hydrogen (secondary N) is 1. The standard InChI is InChI=1S/C21H28N2O3/c1-3-23(4-2)14-13-22-21(24)18-9-8-12-20(17-18)26-16-15-25-19-10-6-5-7-11-19/h5-12,17H,3-4,13-16H2,1-2H3,(H,22,24). The van der Waals surface area contributed by atoms with Crippen LogP contribution in [-0.4, -0.2) is 50.2 Å². The highest BCUT2D eigenvalue weighted by atomic mass is 16.5. The number of carbonyl (C=O) groups excluding carboxylic acids is 1. The summed E-state index contributed by atoms with van der Waals surface area (Å²) in [7, 11) is 0. The van der Waals surface area contributed by atoms with E-state index in [4.69, 9.17) is 9.47 Å². The van der Waals surface area contributed by atoms with Gasteiger partial charge in [-0.3, -0.25) is 4.79 Å². The fraction of sp³-hybridized carbons (Fsp3) is 0.381. The predicted octanol–water partition coefficient (Wildman–Crippen LogP) is 3.22. The Morgan fingerprint density at radius 2 is 1.58 bits per heavy atom. The number of likely N-dealkylation sites (N-methyl/N-ethyl adjacent to an activating group) is 1. The molecule has 0 saturated carbocycles. The molecule has 5 heteroatoms. The van der Waals surface area contributed by atoms with Gasteiger partial charge in [0.25, 0.3) is 5.91 Å². The summed E-state index contributed by atoms with van der Waals surface area (Å²) >= 11 is 0. The minimum absolute atomic E-state index is 0.0804. The van der Waals surface area contributed by atoms with Crippen molar-refractivity contribution in [1.82, 2.24) is 10.2 Å². The van der Waals surface area contributed by atoms with E-state index in [1.165, 1.54) is 0 Å². The Kier molecular flexibility index (Phi) is 8.49. The molecule has 0 fully saturated rings. The van der Waals surface area contributed by atoms with Crippen LogP contribution in [0.4, 0.5) is 0 Å². The van der Waals surface area contributed by atoms with Gasteiger partial charge in [-0.2, -0.15) is 0 Å². The number of carbonyl (C=O) groups is 1. The van der Waals surface area contributed by atoms with Gasteiger partial charge in [-0.25, -0.2) is 0 Å². The van der Waals surface area contributed by atoms with Gasteiger partial charge in [-0.05, 0) is 43.4 Å². The molecule has 0 unspecified atom stereocenters. The molecule has 0 saturated heterocycles. The first kappa shape index (κ1) is 19.8. The van der Waals surface area contributed by atoms with E-state index in [0.29, 0.717) is 31.1 Å². The summed E-state index contributed by atoms with van der Waals surface area (Å²) in [6.45, 7) is 8.57. The molecule has 0 heterocycles. The fourth-order valence-corrected chi connectivity index (χ4v) is 2.53. The van der Waals surface area contributed by atoms with E-state index in [9.17, 15) is 4.79 Å². The molecule has 2 rings (SSSR count). The normalized spacial score (nSPS) is 10.6. The number of hydrogen-bond donors (Lipinski definition) is 1. The maximum Gasteiger partial charge on any atom is 0.251 e. The van der Waals surface area contributed by atoms with Crippen LogP contribution in [0.1, 0.15) is 24.2 Å². The molecule has 0 bridgehead atoms. The largest absolute Gasteiger partial charge is 0.490 e. The van der Waals surface area contributed by atoms with Gasteiger partial charge in [0.1, 0.15) is 24.7 Å². The average Bonchev–Trinajstić information content (AvgIpc) is 2.69. The van der Waals surface area contributed by atoms with Crippen molar-refractivity contribution in [2.24, 2.45) is 0 Å². The van der Waals surface area contributed by atoms with Gasteiger partial charge in [0.15, 0.2) is 0 Å². The first-order valence-electron chi connectivity index (χ1n) is 9.14. The summed E-state index contributed by atoms with van der Waals surface area (Å²) in [6.07, 6.45) is 0. The number of nitrogens with zero attached hydrogens (tertiary/aromatic N) is 1. The van der Waals surface area contributed by atoms with Crippen molar-refractivity contribution in [2.75, 3.05) is 39.4 Å². The third-order valence-corrected chi connectivity index (χ3v) is 4.07. The summed E-state index contributed by atoms with van der Waals surface area (Å²) in [5.41, 5.74) is 0.603. The van der Waals surface area contributed by atoms with E-state index >= 15 is 0 Å². The van der Waals surface area contributed by atoms with Crippen molar-refractivity contribution < 1.29 is 14.3 Å². The lowest BCUT2D eigenvalue weighted by Crippen LogP contribution is -2.34. The highest BCUT2D eigenvalue weighted by molar-refractivity contribution is 5.94. The van der Waals surface area contributed by atoms with E-state index in [1.54, 1.807) is 12.1 Å². The average molecular weight is 356 g/mol. The van der Waals surface area contributed by atoms with Crippen LogP contribution in [0.15, 0.2) is 54.6 Å². The summed E-state index contributed by atoms with van der Waals surface area (Å²) in [5, 5.41) is 2.95. The monoisotopic (exact) mass is 356 g/mol. The number of benzene rings is 2. The van der Waals surface area contributed by atoms with E-state index in [-0.39, 0.29) is 5.91 Å². The third kappa shape index (κ3) is 6.76. The first-order valence-corrected chi connectivity index (χ1v) is 9.14. The van der Waals surface area contributed by atoms with E-state index in [1.807, 2.05) is 42.5 Å². The molecule has 0 spiro atoms. The lowest BCUT2D eigenvalue weighted by molar-refractivity contribution is 0.0948. The maximum atomic E-state index is 12.3. The second-order valence-electron chi connectivity index (χ2n) is 5.82. The summed E-state index contributed by atoms with van der Waals surface area (Å²) in [6, 6.07) is 16.8. The second kappa shape index (κ2) is 11.2. The lowest BCUT2D eigenvalue weighted by atomic mass is 10.2. The number of ether oxygens (including phenoxy) is 2. The maximum absolute atomic E-state index is 12.3. The molecular weight excluding hydrogens is 328 g/mol. The van der Waals surface area contributed by atoms with Crippen LogP contribution >= 0.6 is 0 Å².